The number of benzene rings is 2. The van der Waals surface area contributed by atoms with Gasteiger partial charge in [-0.15, -0.1) is 0 Å². The summed E-state index contributed by atoms with van der Waals surface area (Å²) < 4.78 is 5.66. The lowest BCUT2D eigenvalue weighted by Crippen LogP contribution is -2.38. The van der Waals surface area contributed by atoms with E-state index < -0.39 is 17.7 Å². The van der Waals surface area contributed by atoms with Crippen LogP contribution in [0, 0.1) is 0 Å². The maximum Gasteiger partial charge on any atom is 0.295 e. The van der Waals surface area contributed by atoms with Crippen molar-refractivity contribution in [1.82, 2.24) is 9.80 Å². The number of aliphatic hydroxyl groups is 1. The smallest absolute Gasteiger partial charge is 0.295 e. The highest BCUT2D eigenvalue weighted by Gasteiger charge is 2.46. The number of carbonyl (C=O) groups excluding carboxylic acids is 2. The van der Waals surface area contributed by atoms with Crippen LogP contribution in [0.2, 0.25) is 5.02 Å². The van der Waals surface area contributed by atoms with Crippen LogP contribution in [0.5, 0.6) is 5.75 Å². The molecule has 1 amide bonds. The third kappa shape index (κ3) is 5.46. The van der Waals surface area contributed by atoms with Gasteiger partial charge < -0.3 is 19.6 Å². The molecule has 1 fully saturated rings. The highest BCUT2D eigenvalue weighted by Crippen LogP contribution is 2.40. The van der Waals surface area contributed by atoms with Crippen LogP contribution >= 0.6 is 11.6 Å². The Morgan fingerprint density at radius 2 is 1.88 bits per heavy atom. The first-order chi connectivity index (χ1) is 15.9. The van der Waals surface area contributed by atoms with Crippen molar-refractivity contribution in [1.29, 1.82) is 0 Å². The van der Waals surface area contributed by atoms with Crippen molar-refractivity contribution in [2.75, 3.05) is 32.8 Å². The first-order valence-electron chi connectivity index (χ1n) is 11.0. The molecule has 1 heterocycles. The number of hydrogen-bond acceptors (Lipinski definition) is 5. The number of Topliss-reactive ketones (excluding diaryl/α,β-unsaturated/α-hetero) is 1. The van der Waals surface area contributed by atoms with Crippen LogP contribution in [0.25, 0.3) is 5.76 Å². The number of likely N-dealkylation sites (tertiary alicyclic amines) is 1. The zero-order chi connectivity index (χ0) is 24.0. The summed E-state index contributed by atoms with van der Waals surface area (Å²) in [5, 5.41) is 11.6. The molecule has 33 heavy (non-hydrogen) atoms. The lowest BCUT2D eigenvalue weighted by atomic mass is 9.95. The number of halogens is 1. The normalized spacial score (nSPS) is 17.6. The first-order valence-corrected chi connectivity index (χ1v) is 11.4. The number of nitrogens with zero attached hydrogens (tertiary/aromatic N) is 2. The minimum atomic E-state index is -0.733. The third-order valence-corrected chi connectivity index (χ3v) is 6.00. The van der Waals surface area contributed by atoms with Crippen molar-refractivity contribution in [3.63, 3.8) is 0 Å². The minimum Gasteiger partial charge on any atom is -0.507 e. The molecule has 2 aromatic carbocycles. The Morgan fingerprint density at radius 1 is 1.18 bits per heavy atom. The van der Waals surface area contributed by atoms with E-state index in [1.54, 1.807) is 48.5 Å². The van der Waals surface area contributed by atoms with Crippen molar-refractivity contribution >= 4 is 29.1 Å². The van der Waals surface area contributed by atoms with Crippen LogP contribution in [0.4, 0.5) is 0 Å². The van der Waals surface area contributed by atoms with Gasteiger partial charge in [0, 0.05) is 23.7 Å². The Hall–Kier alpha value is -3.09. The second-order valence-corrected chi connectivity index (χ2v) is 8.13. The molecule has 0 radical (unpaired) electrons. The molecular weight excluding hydrogens is 440 g/mol. The molecule has 1 aliphatic heterocycles. The van der Waals surface area contributed by atoms with E-state index >= 15 is 0 Å². The Kier molecular flexibility index (Phi) is 8.31. The molecule has 6 nitrogen and oxygen atoms in total. The van der Waals surface area contributed by atoms with Gasteiger partial charge in [0.2, 0.25) is 0 Å². The van der Waals surface area contributed by atoms with Gasteiger partial charge in [0.15, 0.2) is 0 Å². The Balaban J connectivity index is 2.09. The van der Waals surface area contributed by atoms with Gasteiger partial charge in [-0.05, 0) is 55.1 Å². The lowest BCUT2D eigenvalue weighted by Gasteiger charge is -2.28. The number of amides is 1. The van der Waals surface area contributed by atoms with E-state index in [2.05, 4.69) is 25.3 Å². The van der Waals surface area contributed by atoms with Crippen LogP contribution in [-0.2, 0) is 9.59 Å². The monoisotopic (exact) mass is 468 g/mol. The number of rotatable bonds is 10. The Labute approximate surface area is 199 Å². The van der Waals surface area contributed by atoms with E-state index in [1.165, 1.54) is 4.90 Å². The summed E-state index contributed by atoms with van der Waals surface area (Å²) in [7, 11) is 0. The summed E-state index contributed by atoms with van der Waals surface area (Å²) in [4.78, 5) is 29.9. The molecule has 0 bridgehead atoms. The van der Waals surface area contributed by atoms with Crippen molar-refractivity contribution in [3.05, 3.63) is 82.9 Å². The molecule has 2 aromatic rings. The summed E-state index contributed by atoms with van der Waals surface area (Å²) in [6.45, 7) is 10.7. The van der Waals surface area contributed by atoms with E-state index in [0.29, 0.717) is 41.6 Å². The van der Waals surface area contributed by atoms with Gasteiger partial charge >= 0.3 is 0 Å². The minimum absolute atomic E-state index is 0.0581. The fourth-order valence-corrected chi connectivity index (χ4v) is 4.06. The fourth-order valence-electron chi connectivity index (χ4n) is 3.94. The second kappa shape index (κ2) is 11.2. The van der Waals surface area contributed by atoms with Gasteiger partial charge in [-0.3, -0.25) is 9.59 Å². The fraction of sp³-hybridized carbons (Fsp3) is 0.308. The van der Waals surface area contributed by atoms with Gasteiger partial charge in [-0.25, -0.2) is 0 Å². The number of ether oxygens (including phenoxy) is 1. The Bertz CT molecular complexity index is 1040. The molecule has 0 aliphatic carbocycles. The van der Waals surface area contributed by atoms with E-state index in [4.69, 9.17) is 16.3 Å². The molecule has 1 aliphatic rings. The molecule has 174 valence electrons. The summed E-state index contributed by atoms with van der Waals surface area (Å²) >= 11 is 5.98. The van der Waals surface area contributed by atoms with Crippen LogP contribution < -0.4 is 4.74 Å². The van der Waals surface area contributed by atoms with E-state index in [-0.39, 0.29) is 11.3 Å². The predicted octanol–water partition coefficient (Wildman–Crippen LogP) is 4.67. The first kappa shape index (κ1) is 24.6. The van der Waals surface area contributed by atoms with Crippen molar-refractivity contribution in [3.8, 4) is 5.75 Å². The molecule has 3 rings (SSSR count). The van der Waals surface area contributed by atoms with E-state index in [0.717, 1.165) is 13.1 Å². The largest absolute Gasteiger partial charge is 0.507 e. The summed E-state index contributed by atoms with van der Waals surface area (Å²) in [6, 6.07) is 13.0. The zero-order valence-electron chi connectivity index (χ0n) is 19.0. The Morgan fingerprint density at radius 3 is 2.52 bits per heavy atom. The van der Waals surface area contributed by atoms with E-state index in [9.17, 15) is 14.7 Å². The lowest BCUT2D eigenvalue weighted by molar-refractivity contribution is -0.140. The predicted molar refractivity (Wildman–Crippen MR) is 130 cm³/mol. The van der Waals surface area contributed by atoms with Gasteiger partial charge in [-0.1, -0.05) is 50.2 Å². The number of likely N-dealkylation sites (N-methyl/N-ethyl adjacent to an activating group) is 1. The van der Waals surface area contributed by atoms with Gasteiger partial charge in [0.05, 0.1) is 11.6 Å². The van der Waals surface area contributed by atoms with Gasteiger partial charge in [0.1, 0.15) is 18.1 Å². The molecule has 0 aromatic heterocycles. The van der Waals surface area contributed by atoms with Crippen LogP contribution in [0.15, 0.2) is 66.8 Å². The molecule has 0 saturated carbocycles. The molecule has 0 spiro atoms. The molecular formula is C26H29ClN2O4. The van der Waals surface area contributed by atoms with E-state index in [1.807, 2.05) is 6.07 Å². The number of ketones is 1. The van der Waals surface area contributed by atoms with Crippen molar-refractivity contribution in [2.45, 2.75) is 19.9 Å². The molecule has 1 unspecified atom stereocenters. The van der Waals surface area contributed by atoms with Crippen molar-refractivity contribution < 1.29 is 19.4 Å². The summed E-state index contributed by atoms with van der Waals surface area (Å²) in [5.74, 6) is -0.963. The van der Waals surface area contributed by atoms with Crippen LogP contribution in [0.1, 0.15) is 31.0 Å². The maximum atomic E-state index is 13.1. The van der Waals surface area contributed by atoms with Gasteiger partial charge in [0.25, 0.3) is 11.7 Å². The molecule has 7 heteroatoms. The zero-order valence-corrected chi connectivity index (χ0v) is 19.7. The second-order valence-electron chi connectivity index (χ2n) is 7.70. The average molecular weight is 469 g/mol. The average Bonchev–Trinajstić information content (AvgIpc) is 3.08. The van der Waals surface area contributed by atoms with Crippen LogP contribution in [0.3, 0.4) is 0 Å². The standard InChI is InChI=1S/C26H29ClN2O4/c1-4-16-33-21-9-7-8-19(17-21)23-22(24(30)18-10-12-20(27)13-11-18)25(31)26(32)29(23)15-14-28(5-2)6-3/h4,7-13,17,23,30H,1,5-6,14-16H2,2-3H3/b24-22-. The number of aliphatic hydroxyl groups excluding tert-OH is 1. The van der Waals surface area contributed by atoms with Crippen molar-refractivity contribution in [2.24, 2.45) is 0 Å². The number of hydrogen-bond donors (Lipinski definition) is 1. The SMILES string of the molecule is C=CCOc1cccc(C2/C(=C(/O)c3ccc(Cl)cc3)C(=O)C(=O)N2CCN(CC)CC)c1. The summed E-state index contributed by atoms with van der Waals surface area (Å²) in [5.41, 5.74) is 1.17. The summed E-state index contributed by atoms with van der Waals surface area (Å²) in [6.07, 6.45) is 1.64. The quantitative estimate of drug-likeness (QED) is 0.237. The van der Waals surface area contributed by atoms with Gasteiger partial charge in [-0.2, -0.15) is 0 Å². The highest BCUT2D eigenvalue weighted by molar-refractivity contribution is 6.46. The maximum absolute atomic E-state index is 13.1. The molecule has 1 saturated heterocycles. The third-order valence-electron chi connectivity index (χ3n) is 5.75. The highest BCUT2D eigenvalue weighted by atomic mass is 35.5. The number of carbonyl (C=O) groups is 2. The topological polar surface area (TPSA) is 70.1 Å². The molecule has 1 atom stereocenters. The molecule has 1 N–H and O–H groups in total. The van der Waals surface area contributed by atoms with Crippen LogP contribution in [-0.4, -0.2) is 59.4 Å².